The lowest BCUT2D eigenvalue weighted by Crippen LogP contribution is -2.35. The number of carbonyl (C=O) groups is 2. The number of piperidine rings is 1. The molecule has 2 saturated heterocycles. The number of likely N-dealkylation sites (tertiary alicyclic amines) is 1. The Morgan fingerprint density at radius 3 is 2.52 bits per heavy atom. The molecule has 0 radical (unpaired) electrons. The molecule has 4 rings (SSSR count). The third-order valence-electron chi connectivity index (χ3n) is 5.88. The maximum Gasteiger partial charge on any atom is 0.253 e. The minimum atomic E-state index is -0.0797. The second-order valence-corrected chi connectivity index (χ2v) is 9.24. The van der Waals surface area contributed by atoms with Crippen LogP contribution < -0.4 is 5.32 Å². The minimum Gasteiger partial charge on any atom is -0.377 e. The third kappa shape index (κ3) is 5.89. The maximum atomic E-state index is 12.8. The van der Waals surface area contributed by atoms with Gasteiger partial charge in [0.1, 0.15) is 0 Å². The quantitative estimate of drug-likeness (QED) is 0.646. The molecule has 5 nitrogen and oxygen atoms in total. The molecule has 1 N–H and O–H groups in total. The average molecular weight is 439 g/mol. The van der Waals surface area contributed by atoms with Crippen LogP contribution in [0.3, 0.4) is 0 Å². The molecule has 0 aliphatic carbocycles. The van der Waals surface area contributed by atoms with Crippen molar-refractivity contribution in [2.45, 2.75) is 49.6 Å². The van der Waals surface area contributed by atoms with Gasteiger partial charge in [-0.15, -0.1) is 11.8 Å². The van der Waals surface area contributed by atoms with Crippen LogP contribution in [0.15, 0.2) is 53.4 Å². The molecule has 0 unspecified atom stereocenters. The standard InChI is InChI=1S/C25H30N2O3S/c28-24(22-8-2-3-9-23(22)31-18-21-7-6-16-30-21)26-17-19-10-12-20(13-11-19)25(29)27-14-4-1-5-15-27/h2-3,8-13,21H,1,4-7,14-18H2,(H,26,28)/t21-/m0/s1. The van der Waals surface area contributed by atoms with Crippen molar-refractivity contribution in [2.75, 3.05) is 25.4 Å². The molecule has 31 heavy (non-hydrogen) atoms. The second-order valence-electron chi connectivity index (χ2n) is 8.17. The van der Waals surface area contributed by atoms with Crippen LogP contribution in [0, 0.1) is 0 Å². The topological polar surface area (TPSA) is 58.6 Å². The average Bonchev–Trinajstić information content (AvgIpc) is 3.35. The van der Waals surface area contributed by atoms with E-state index in [1.165, 1.54) is 6.42 Å². The smallest absolute Gasteiger partial charge is 0.253 e. The molecule has 2 aromatic carbocycles. The SMILES string of the molecule is O=C(NCc1ccc(C(=O)N2CCCCC2)cc1)c1ccccc1SC[C@@H]1CCCO1. The van der Waals surface area contributed by atoms with E-state index in [0.29, 0.717) is 17.7 Å². The maximum absolute atomic E-state index is 12.8. The van der Waals surface area contributed by atoms with Crippen LogP contribution in [0.5, 0.6) is 0 Å². The summed E-state index contributed by atoms with van der Waals surface area (Å²) in [5.74, 6) is 0.896. The summed E-state index contributed by atoms with van der Waals surface area (Å²) in [6.07, 6.45) is 5.88. The fourth-order valence-corrected chi connectivity index (χ4v) is 5.18. The van der Waals surface area contributed by atoms with Crippen molar-refractivity contribution in [3.05, 3.63) is 65.2 Å². The first-order valence-corrected chi connectivity index (χ1v) is 12.2. The molecule has 2 amide bonds. The number of nitrogens with one attached hydrogen (secondary N) is 1. The minimum absolute atomic E-state index is 0.0797. The number of rotatable bonds is 7. The third-order valence-corrected chi connectivity index (χ3v) is 7.08. The first-order chi connectivity index (χ1) is 15.2. The summed E-state index contributed by atoms with van der Waals surface area (Å²) in [4.78, 5) is 28.3. The van der Waals surface area contributed by atoms with Crippen molar-refractivity contribution < 1.29 is 14.3 Å². The number of thioether (sulfide) groups is 1. The van der Waals surface area contributed by atoms with Gasteiger partial charge in [0, 0.05) is 42.5 Å². The summed E-state index contributed by atoms with van der Waals surface area (Å²) in [6, 6.07) is 15.3. The highest BCUT2D eigenvalue weighted by Gasteiger charge is 2.19. The Hall–Kier alpha value is -2.31. The lowest BCUT2D eigenvalue weighted by atomic mass is 10.1. The van der Waals surface area contributed by atoms with E-state index in [1.54, 1.807) is 11.8 Å². The Morgan fingerprint density at radius 1 is 1.00 bits per heavy atom. The number of hydrogen-bond donors (Lipinski definition) is 1. The van der Waals surface area contributed by atoms with E-state index in [2.05, 4.69) is 5.32 Å². The van der Waals surface area contributed by atoms with Gasteiger partial charge in [0.05, 0.1) is 11.7 Å². The molecule has 1 atom stereocenters. The van der Waals surface area contributed by atoms with E-state index in [4.69, 9.17) is 4.74 Å². The van der Waals surface area contributed by atoms with E-state index in [1.807, 2.05) is 53.4 Å². The molecule has 0 saturated carbocycles. The van der Waals surface area contributed by atoms with Crippen LogP contribution in [-0.2, 0) is 11.3 Å². The van der Waals surface area contributed by atoms with Crippen LogP contribution in [0.4, 0.5) is 0 Å². The van der Waals surface area contributed by atoms with Crippen LogP contribution in [0.2, 0.25) is 0 Å². The summed E-state index contributed by atoms with van der Waals surface area (Å²) in [6.45, 7) is 2.97. The lowest BCUT2D eigenvalue weighted by molar-refractivity contribution is 0.0724. The van der Waals surface area contributed by atoms with Gasteiger partial charge >= 0.3 is 0 Å². The van der Waals surface area contributed by atoms with E-state index in [0.717, 1.165) is 61.6 Å². The van der Waals surface area contributed by atoms with Crippen molar-refractivity contribution in [1.29, 1.82) is 0 Å². The van der Waals surface area contributed by atoms with Gasteiger partial charge in [0.15, 0.2) is 0 Å². The lowest BCUT2D eigenvalue weighted by Gasteiger charge is -2.26. The van der Waals surface area contributed by atoms with Crippen molar-refractivity contribution in [2.24, 2.45) is 0 Å². The van der Waals surface area contributed by atoms with Gasteiger partial charge in [-0.2, -0.15) is 0 Å². The number of amides is 2. The van der Waals surface area contributed by atoms with E-state index >= 15 is 0 Å². The summed E-state index contributed by atoms with van der Waals surface area (Å²) in [5, 5.41) is 3.02. The van der Waals surface area contributed by atoms with Crippen molar-refractivity contribution in [1.82, 2.24) is 10.2 Å². The first-order valence-electron chi connectivity index (χ1n) is 11.2. The number of hydrogen-bond acceptors (Lipinski definition) is 4. The Bertz CT molecular complexity index is 888. The van der Waals surface area contributed by atoms with Gasteiger partial charge in [-0.25, -0.2) is 0 Å². The second kappa shape index (κ2) is 10.8. The molecule has 2 aliphatic heterocycles. The molecule has 164 valence electrons. The normalized spacial score (nSPS) is 18.7. The summed E-state index contributed by atoms with van der Waals surface area (Å²) in [7, 11) is 0. The molecule has 2 heterocycles. The molecule has 0 bridgehead atoms. The fraction of sp³-hybridized carbons (Fsp3) is 0.440. The van der Waals surface area contributed by atoms with Crippen molar-refractivity contribution >= 4 is 23.6 Å². The zero-order valence-electron chi connectivity index (χ0n) is 17.8. The first kappa shape index (κ1) is 21.9. The van der Waals surface area contributed by atoms with E-state index < -0.39 is 0 Å². The zero-order valence-corrected chi connectivity index (χ0v) is 18.7. The Labute approximate surface area is 188 Å². The van der Waals surface area contributed by atoms with Gasteiger partial charge in [-0.1, -0.05) is 24.3 Å². The van der Waals surface area contributed by atoms with Gasteiger partial charge in [-0.3, -0.25) is 9.59 Å². The molecule has 2 aliphatic rings. The Balaban J connectivity index is 1.32. The molecule has 2 fully saturated rings. The fourth-order valence-electron chi connectivity index (χ4n) is 4.06. The number of carbonyl (C=O) groups excluding carboxylic acids is 2. The van der Waals surface area contributed by atoms with Crippen molar-refractivity contribution in [3.63, 3.8) is 0 Å². The molecule has 0 spiro atoms. The highest BCUT2D eigenvalue weighted by molar-refractivity contribution is 7.99. The summed E-state index contributed by atoms with van der Waals surface area (Å²) < 4.78 is 5.70. The number of benzene rings is 2. The van der Waals surface area contributed by atoms with Crippen LogP contribution in [0.25, 0.3) is 0 Å². The highest BCUT2D eigenvalue weighted by atomic mass is 32.2. The van der Waals surface area contributed by atoms with Gasteiger partial charge in [0.2, 0.25) is 0 Å². The molecular formula is C25H30N2O3S. The molecular weight excluding hydrogens is 408 g/mol. The number of nitrogens with zero attached hydrogens (tertiary/aromatic N) is 1. The van der Waals surface area contributed by atoms with Crippen LogP contribution in [-0.4, -0.2) is 48.3 Å². The predicted molar refractivity (Wildman–Crippen MR) is 124 cm³/mol. The molecule has 6 heteroatoms. The summed E-state index contributed by atoms with van der Waals surface area (Å²) in [5.41, 5.74) is 2.39. The van der Waals surface area contributed by atoms with Crippen LogP contribution in [0.1, 0.15) is 58.4 Å². The summed E-state index contributed by atoms with van der Waals surface area (Å²) >= 11 is 1.68. The predicted octanol–water partition coefficient (Wildman–Crippen LogP) is 4.51. The van der Waals surface area contributed by atoms with Crippen LogP contribution >= 0.6 is 11.8 Å². The van der Waals surface area contributed by atoms with Gasteiger partial charge < -0.3 is 15.0 Å². The van der Waals surface area contributed by atoms with E-state index in [-0.39, 0.29) is 17.9 Å². The zero-order chi connectivity index (χ0) is 21.5. The Kier molecular flexibility index (Phi) is 7.65. The van der Waals surface area contributed by atoms with E-state index in [9.17, 15) is 9.59 Å². The monoisotopic (exact) mass is 438 g/mol. The largest absolute Gasteiger partial charge is 0.377 e. The highest BCUT2D eigenvalue weighted by Crippen LogP contribution is 2.27. The Morgan fingerprint density at radius 2 is 1.77 bits per heavy atom. The van der Waals surface area contributed by atoms with Crippen molar-refractivity contribution in [3.8, 4) is 0 Å². The number of ether oxygens (including phenoxy) is 1. The van der Waals surface area contributed by atoms with Gasteiger partial charge in [0.25, 0.3) is 11.8 Å². The van der Waals surface area contributed by atoms with Gasteiger partial charge in [-0.05, 0) is 61.9 Å². The molecule has 2 aromatic rings. The molecule has 0 aromatic heterocycles.